The van der Waals surface area contributed by atoms with E-state index in [1.54, 1.807) is 18.9 Å². The number of ether oxygens (including phenoxy) is 1. The molecule has 1 aromatic heterocycles. The molecule has 0 radical (unpaired) electrons. The maximum atomic E-state index is 15.1. The van der Waals surface area contributed by atoms with Crippen molar-refractivity contribution in [3.8, 4) is 0 Å². The molecule has 192 valence electrons. The number of aromatic nitrogens is 1. The van der Waals surface area contributed by atoms with Crippen LogP contribution in [0.1, 0.15) is 19.8 Å². The summed E-state index contributed by atoms with van der Waals surface area (Å²) >= 11 is 12.7. The molecular weight excluding hydrogens is 528 g/mol. The Labute approximate surface area is 212 Å². The number of nitrogens with one attached hydrogen (secondary N) is 1. The zero-order valence-electron chi connectivity index (χ0n) is 19.1. The Morgan fingerprint density at radius 3 is 2.54 bits per heavy atom. The maximum absolute atomic E-state index is 15.1. The van der Waals surface area contributed by atoms with E-state index in [1.165, 1.54) is 12.1 Å². The van der Waals surface area contributed by atoms with Crippen LogP contribution in [0.15, 0.2) is 29.2 Å². The van der Waals surface area contributed by atoms with E-state index in [9.17, 15) is 17.2 Å². The second kappa shape index (κ2) is 9.59. The Hall–Kier alpha value is -1.79. The van der Waals surface area contributed by atoms with Gasteiger partial charge >= 0.3 is 0 Å². The average molecular weight is 553 g/mol. The van der Waals surface area contributed by atoms with Crippen molar-refractivity contribution < 1.29 is 26.3 Å². The number of halogens is 5. The molecule has 35 heavy (non-hydrogen) atoms. The lowest BCUT2D eigenvalue weighted by molar-refractivity contribution is -0.0175. The van der Waals surface area contributed by atoms with Gasteiger partial charge in [-0.05, 0) is 31.9 Å². The number of alkyl halides is 1. The van der Waals surface area contributed by atoms with Gasteiger partial charge in [0.2, 0.25) is 5.95 Å². The van der Waals surface area contributed by atoms with Gasteiger partial charge in [0.05, 0.1) is 21.3 Å². The highest BCUT2D eigenvalue weighted by Crippen LogP contribution is 2.42. The van der Waals surface area contributed by atoms with Gasteiger partial charge in [0.15, 0.2) is 0 Å². The molecule has 0 bridgehead atoms. The summed E-state index contributed by atoms with van der Waals surface area (Å²) in [6.07, 6.45) is 1.02. The first-order valence-electron chi connectivity index (χ1n) is 10.9. The minimum Gasteiger partial charge on any atom is -0.375 e. The largest absolute Gasteiger partial charge is 0.375 e. The first kappa shape index (κ1) is 26.3. The van der Waals surface area contributed by atoms with Gasteiger partial charge < -0.3 is 9.64 Å². The summed E-state index contributed by atoms with van der Waals surface area (Å²) in [6, 6.07) is 4.50. The number of anilines is 2. The SMILES string of the molecule is CO[C@@]1(CN2CC[C@@](C)(F)C2)CCN(c2cc(F)c(S(=O)(=O)Nc3cccc(F)n3)c(Cl)c2Cl)C1. The summed E-state index contributed by atoms with van der Waals surface area (Å²) in [5.41, 5.74) is -1.67. The van der Waals surface area contributed by atoms with Crippen molar-refractivity contribution >= 4 is 44.7 Å². The highest BCUT2D eigenvalue weighted by atomic mass is 35.5. The van der Waals surface area contributed by atoms with Gasteiger partial charge in [-0.1, -0.05) is 29.3 Å². The molecule has 2 saturated heterocycles. The van der Waals surface area contributed by atoms with Crippen LogP contribution >= 0.6 is 23.2 Å². The van der Waals surface area contributed by atoms with Crippen molar-refractivity contribution in [3.63, 3.8) is 0 Å². The first-order valence-corrected chi connectivity index (χ1v) is 13.1. The molecule has 13 heteroatoms. The van der Waals surface area contributed by atoms with Gasteiger partial charge in [-0.3, -0.25) is 9.62 Å². The fraction of sp³-hybridized carbons (Fsp3) is 0.500. The molecule has 2 aliphatic heterocycles. The predicted octanol–water partition coefficient (Wildman–Crippen LogP) is 4.50. The standard InChI is InChI=1S/C22H25Cl2F3N4O3S/c1-21(27)6-8-30(11-21)12-22(34-2)7-9-31(13-22)15-10-14(25)20(19(24)18(15)23)35(32,33)29-17-5-3-4-16(26)28-17/h3-5,10H,6-9,11-13H2,1-2H3,(H,28,29)/t21-,22-/m1/s1. The zero-order valence-corrected chi connectivity index (χ0v) is 21.5. The number of nitrogens with zero attached hydrogens (tertiary/aromatic N) is 3. The summed E-state index contributed by atoms with van der Waals surface area (Å²) in [5, 5.41) is -0.654. The Morgan fingerprint density at radius 1 is 1.17 bits per heavy atom. The van der Waals surface area contributed by atoms with Crippen LogP contribution in [0.4, 0.5) is 24.7 Å². The summed E-state index contributed by atoms with van der Waals surface area (Å²) in [7, 11) is -2.99. The molecule has 0 saturated carbocycles. The van der Waals surface area contributed by atoms with Crippen molar-refractivity contribution in [2.24, 2.45) is 0 Å². The van der Waals surface area contributed by atoms with Gasteiger partial charge in [0.25, 0.3) is 10.0 Å². The number of sulfonamides is 1. The van der Waals surface area contributed by atoms with Gasteiger partial charge in [0, 0.05) is 45.9 Å². The van der Waals surface area contributed by atoms with Gasteiger partial charge in [-0.25, -0.2) is 22.2 Å². The number of pyridine rings is 1. The third kappa shape index (κ3) is 5.48. The van der Waals surface area contributed by atoms with Gasteiger partial charge in [0.1, 0.15) is 22.2 Å². The van der Waals surface area contributed by atoms with Crippen LogP contribution in [-0.4, -0.2) is 69.4 Å². The molecule has 1 N–H and O–H groups in total. The molecule has 1 aromatic carbocycles. The molecule has 2 aromatic rings. The zero-order chi connectivity index (χ0) is 25.6. The van der Waals surface area contributed by atoms with E-state index < -0.39 is 43.0 Å². The number of methoxy groups -OCH3 is 1. The van der Waals surface area contributed by atoms with E-state index in [-0.39, 0.29) is 16.5 Å². The number of likely N-dealkylation sites (tertiary alicyclic amines) is 1. The maximum Gasteiger partial charge on any atom is 0.267 e. The van der Waals surface area contributed by atoms with Crippen LogP contribution in [0, 0.1) is 11.8 Å². The van der Waals surface area contributed by atoms with Crippen LogP contribution in [-0.2, 0) is 14.8 Å². The lowest BCUT2D eigenvalue weighted by Crippen LogP contribution is -2.46. The van der Waals surface area contributed by atoms with E-state index >= 15 is 4.39 Å². The van der Waals surface area contributed by atoms with E-state index in [4.69, 9.17) is 27.9 Å². The average Bonchev–Trinajstić information content (AvgIpc) is 3.33. The molecule has 3 heterocycles. The number of hydrogen-bond donors (Lipinski definition) is 1. The molecule has 0 spiro atoms. The van der Waals surface area contributed by atoms with Crippen molar-refractivity contribution in [2.45, 2.75) is 35.9 Å². The Balaban J connectivity index is 1.58. The molecule has 0 amide bonds. The van der Waals surface area contributed by atoms with Crippen LogP contribution in [0.3, 0.4) is 0 Å². The minimum atomic E-state index is -4.56. The van der Waals surface area contributed by atoms with Crippen LogP contribution in [0.2, 0.25) is 10.0 Å². The highest BCUT2D eigenvalue weighted by molar-refractivity contribution is 7.92. The van der Waals surface area contributed by atoms with E-state index in [0.717, 1.165) is 12.1 Å². The topological polar surface area (TPSA) is 74.8 Å². The Bertz CT molecular complexity index is 1230. The lowest BCUT2D eigenvalue weighted by atomic mass is 10.0. The van der Waals surface area contributed by atoms with Crippen LogP contribution in [0.25, 0.3) is 0 Å². The third-order valence-electron chi connectivity index (χ3n) is 6.42. The van der Waals surface area contributed by atoms with Crippen molar-refractivity contribution in [2.75, 3.05) is 49.5 Å². The second-order valence-corrected chi connectivity index (χ2v) is 11.6. The fourth-order valence-corrected chi connectivity index (χ4v) is 6.63. The Kier molecular flexibility index (Phi) is 7.20. The van der Waals surface area contributed by atoms with Gasteiger partial charge in [-0.2, -0.15) is 4.39 Å². The Morgan fingerprint density at radius 2 is 1.91 bits per heavy atom. The quantitative estimate of drug-likeness (QED) is 0.402. The van der Waals surface area contributed by atoms with E-state index in [0.29, 0.717) is 45.6 Å². The van der Waals surface area contributed by atoms with Crippen molar-refractivity contribution in [3.05, 3.63) is 46.1 Å². The summed E-state index contributed by atoms with van der Waals surface area (Å²) < 4.78 is 76.2. The predicted molar refractivity (Wildman–Crippen MR) is 129 cm³/mol. The number of hydrogen-bond acceptors (Lipinski definition) is 6. The first-order chi connectivity index (χ1) is 16.3. The molecule has 4 rings (SSSR count). The van der Waals surface area contributed by atoms with Crippen molar-refractivity contribution in [1.82, 2.24) is 9.88 Å². The molecule has 2 fully saturated rings. The normalized spacial score (nSPS) is 25.4. The van der Waals surface area contributed by atoms with Crippen LogP contribution in [0.5, 0.6) is 0 Å². The number of rotatable bonds is 7. The molecule has 2 aliphatic rings. The molecule has 0 aliphatic carbocycles. The third-order valence-corrected chi connectivity index (χ3v) is 8.81. The summed E-state index contributed by atoms with van der Waals surface area (Å²) in [6.45, 7) is 3.76. The van der Waals surface area contributed by atoms with Gasteiger partial charge in [-0.15, -0.1) is 0 Å². The number of benzene rings is 1. The second-order valence-electron chi connectivity index (χ2n) is 9.22. The van der Waals surface area contributed by atoms with Crippen LogP contribution < -0.4 is 9.62 Å². The minimum absolute atomic E-state index is 0.148. The smallest absolute Gasteiger partial charge is 0.267 e. The fourth-order valence-electron chi connectivity index (χ4n) is 4.66. The highest BCUT2D eigenvalue weighted by Gasteiger charge is 2.44. The van der Waals surface area contributed by atoms with Crippen molar-refractivity contribution in [1.29, 1.82) is 0 Å². The summed E-state index contributed by atoms with van der Waals surface area (Å²) in [4.78, 5) is 6.32. The molecule has 2 atom stereocenters. The molecule has 0 unspecified atom stereocenters. The summed E-state index contributed by atoms with van der Waals surface area (Å²) in [5.74, 6) is -2.37. The molecule has 7 nitrogen and oxygen atoms in total. The van der Waals surface area contributed by atoms with E-state index in [1.807, 2.05) is 9.62 Å². The monoisotopic (exact) mass is 552 g/mol. The molecular formula is C22H25Cl2F3N4O3S. The lowest BCUT2D eigenvalue weighted by Gasteiger charge is -2.33. The van der Waals surface area contributed by atoms with E-state index in [2.05, 4.69) is 4.98 Å².